The van der Waals surface area contributed by atoms with Crippen LogP contribution in [-0.4, -0.2) is 12.1 Å². The fourth-order valence-electron chi connectivity index (χ4n) is 3.76. The summed E-state index contributed by atoms with van der Waals surface area (Å²) >= 11 is 6.42. The number of ether oxygens (including phenoxy) is 2. The van der Waals surface area contributed by atoms with Gasteiger partial charge in [0.1, 0.15) is 12.2 Å². The zero-order valence-electron chi connectivity index (χ0n) is 19.5. The number of nitrogens with one attached hydrogen (secondary N) is 1. The number of benzene rings is 3. The van der Waals surface area contributed by atoms with Crippen LogP contribution in [0.15, 0.2) is 88.1 Å². The second kappa shape index (κ2) is 11.6. The molecule has 0 aliphatic carbocycles. The molecule has 0 spiro atoms. The van der Waals surface area contributed by atoms with Gasteiger partial charge in [-0.3, -0.25) is 0 Å². The maximum Gasteiger partial charge on any atom is 0.408 e. The van der Waals surface area contributed by atoms with Gasteiger partial charge in [0.15, 0.2) is 11.8 Å². The molecule has 0 saturated carbocycles. The molecule has 0 bridgehead atoms. The predicted molar refractivity (Wildman–Crippen MR) is 136 cm³/mol. The van der Waals surface area contributed by atoms with Crippen LogP contribution in [0.5, 0.6) is 5.75 Å². The van der Waals surface area contributed by atoms with E-state index in [-0.39, 0.29) is 23.0 Å². The molecule has 0 saturated heterocycles. The number of hydrogen-bond acceptors (Lipinski definition) is 6. The quantitative estimate of drug-likeness (QED) is 0.180. The van der Waals surface area contributed by atoms with Gasteiger partial charge < -0.3 is 19.2 Å². The molecule has 1 atom stereocenters. The van der Waals surface area contributed by atoms with Crippen LogP contribution < -0.4 is 15.7 Å². The Labute approximate surface area is 212 Å². The molecule has 1 unspecified atom stereocenters. The van der Waals surface area contributed by atoms with Gasteiger partial charge >= 0.3 is 17.7 Å². The van der Waals surface area contributed by atoms with Crippen LogP contribution in [0.4, 0.5) is 4.79 Å². The van der Waals surface area contributed by atoms with Crippen LogP contribution >= 0.6 is 11.6 Å². The summed E-state index contributed by atoms with van der Waals surface area (Å²) in [6.07, 6.45) is 0.713. The maximum absolute atomic E-state index is 13.2. The predicted octanol–water partition coefficient (Wildman–Crippen LogP) is 5.97. The first-order chi connectivity index (χ1) is 17.4. The Balaban J connectivity index is 1.57. The Morgan fingerprint density at radius 2 is 1.69 bits per heavy atom. The first kappa shape index (κ1) is 25.0. The lowest BCUT2D eigenvalue weighted by Crippen LogP contribution is -2.36. The van der Waals surface area contributed by atoms with E-state index in [0.717, 1.165) is 17.5 Å². The molecule has 1 amide bonds. The zero-order valence-corrected chi connectivity index (χ0v) is 20.3. The normalized spacial score (nSPS) is 11.6. The van der Waals surface area contributed by atoms with Gasteiger partial charge in [-0.05, 0) is 29.2 Å². The monoisotopic (exact) mass is 505 g/mol. The van der Waals surface area contributed by atoms with Crippen molar-refractivity contribution < 1.29 is 23.5 Å². The summed E-state index contributed by atoms with van der Waals surface area (Å²) < 4.78 is 16.2. The summed E-state index contributed by atoms with van der Waals surface area (Å²) in [5, 5.41) is 3.40. The summed E-state index contributed by atoms with van der Waals surface area (Å²) in [5.74, 6) is -0.780. The van der Waals surface area contributed by atoms with E-state index in [1.807, 2.05) is 37.3 Å². The number of hydrogen-bond donors (Lipinski definition) is 1. The van der Waals surface area contributed by atoms with Gasteiger partial charge in [-0.25, -0.2) is 14.4 Å². The third kappa shape index (κ3) is 6.12. The lowest BCUT2D eigenvalue weighted by Gasteiger charge is -2.18. The summed E-state index contributed by atoms with van der Waals surface area (Å²) in [4.78, 5) is 37.7. The van der Waals surface area contributed by atoms with E-state index in [2.05, 4.69) is 5.32 Å². The van der Waals surface area contributed by atoms with Gasteiger partial charge in [-0.15, -0.1) is 0 Å². The zero-order chi connectivity index (χ0) is 25.5. The smallest absolute Gasteiger partial charge is 0.408 e. The van der Waals surface area contributed by atoms with E-state index in [4.69, 9.17) is 25.5 Å². The minimum absolute atomic E-state index is 0.00588. The van der Waals surface area contributed by atoms with Gasteiger partial charge in [-0.2, -0.15) is 0 Å². The van der Waals surface area contributed by atoms with Crippen molar-refractivity contribution in [3.63, 3.8) is 0 Å². The number of halogens is 1. The summed E-state index contributed by atoms with van der Waals surface area (Å²) in [6, 6.07) is 21.1. The molecule has 1 N–H and O–H groups in total. The topological polar surface area (TPSA) is 94.8 Å². The number of aryl methyl sites for hydroxylation is 1. The van der Waals surface area contributed by atoms with Crippen molar-refractivity contribution in [1.29, 1.82) is 0 Å². The highest BCUT2D eigenvalue weighted by molar-refractivity contribution is 6.33. The number of fused-ring (bicyclic) bond motifs is 1. The molecular weight excluding hydrogens is 482 g/mol. The van der Waals surface area contributed by atoms with Gasteiger partial charge in [0.2, 0.25) is 0 Å². The van der Waals surface area contributed by atoms with Gasteiger partial charge in [0.05, 0.1) is 5.02 Å². The molecule has 1 heterocycles. The Bertz CT molecular complexity index is 1420. The molecular formula is C28H24ClNO6. The van der Waals surface area contributed by atoms with Crippen LogP contribution in [0, 0.1) is 0 Å². The molecule has 0 fully saturated rings. The lowest BCUT2D eigenvalue weighted by atomic mass is 10.1. The average Bonchev–Trinajstić information content (AvgIpc) is 2.88. The number of carbonyl (C=O) groups excluding carboxylic acids is 2. The molecule has 0 aliphatic rings. The largest absolute Gasteiger partial charge is 0.445 e. The second-order valence-corrected chi connectivity index (χ2v) is 8.50. The van der Waals surface area contributed by atoms with Crippen LogP contribution in [0.1, 0.15) is 36.1 Å². The van der Waals surface area contributed by atoms with Crippen molar-refractivity contribution in [3.05, 3.63) is 111 Å². The molecule has 4 rings (SSSR count). The standard InChI is InChI=1S/C28H24ClNO6/c1-2-9-20-14-25(31)35-23-16-24(22(29)15-21(20)23)36-27(32)26(19-12-7-4-8-13-19)30-28(33)34-17-18-10-5-3-6-11-18/h3-8,10-16,26H,2,9,17H2,1H3,(H,30,33). The van der Waals surface area contributed by atoms with Gasteiger partial charge in [0.25, 0.3) is 0 Å². The summed E-state index contributed by atoms with van der Waals surface area (Å²) in [5.41, 5.74) is 1.85. The third-order valence-electron chi connectivity index (χ3n) is 5.46. The average molecular weight is 506 g/mol. The highest BCUT2D eigenvalue weighted by Gasteiger charge is 2.26. The van der Waals surface area contributed by atoms with Crippen molar-refractivity contribution in [2.24, 2.45) is 0 Å². The third-order valence-corrected chi connectivity index (χ3v) is 5.75. The van der Waals surface area contributed by atoms with Crippen LogP contribution in [0.2, 0.25) is 5.02 Å². The molecule has 36 heavy (non-hydrogen) atoms. The molecule has 1 aromatic heterocycles. The number of carbonyl (C=O) groups is 2. The van der Waals surface area contributed by atoms with Crippen LogP contribution in [0.3, 0.4) is 0 Å². The Morgan fingerprint density at radius 3 is 2.39 bits per heavy atom. The molecule has 8 heteroatoms. The highest BCUT2D eigenvalue weighted by Crippen LogP contribution is 2.32. The van der Waals surface area contributed by atoms with E-state index in [9.17, 15) is 14.4 Å². The second-order valence-electron chi connectivity index (χ2n) is 8.09. The minimum atomic E-state index is -1.17. The number of esters is 1. The molecule has 184 valence electrons. The molecule has 4 aromatic rings. The van der Waals surface area contributed by atoms with Crippen molar-refractivity contribution in [1.82, 2.24) is 5.32 Å². The summed E-state index contributed by atoms with van der Waals surface area (Å²) in [7, 11) is 0. The Hall–Kier alpha value is -4.10. The number of rotatable bonds is 8. The van der Waals surface area contributed by atoms with Gasteiger partial charge in [0, 0.05) is 17.5 Å². The lowest BCUT2D eigenvalue weighted by molar-refractivity contribution is -0.136. The fraction of sp³-hybridized carbons (Fsp3) is 0.179. The van der Waals surface area contributed by atoms with Crippen molar-refractivity contribution in [3.8, 4) is 5.75 Å². The van der Waals surface area contributed by atoms with Crippen molar-refractivity contribution in [2.75, 3.05) is 0 Å². The van der Waals surface area contributed by atoms with Crippen molar-refractivity contribution >= 4 is 34.6 Å². The number of alkyl carbamates (subject to hydrolysis) is 1. The van der Waals surface area contributed by atoms with E-state index in [1.54, 1.807) is 36.4 Å². The maximum atomic E-state index is 13.2. The molecule has 0 aliphatic heterocycles. The van der Waals surface area contributed by atoms with E-state index in [0.29, 0.717) is 17.4 Å². The highest BCUT2D eigenvalue weighted by atomic mass is 35.5. The SMILES string of the molecule is CCCc1cc(=O)oc2cc(OC(=O)C(NC(=O)OCc3ccccc3)c3ccccc3)c(Cl)cc12. The first-order valence-electron chi connectivity index (χ1n) is 11.4. The van der Waals surface area contributed by atoms with Crippen LogP contribution in [0.25, 0.3) is 11.0 Å². The molecule has 0 radical (unpaired) electrons. The van der Waals surface area contributed by atoms with E-state index >= 15 is 0 Å². The van der Waals surface area contributed by atoms with E-state index in [1.165, 1.54) is 12.1 Å². The Morgan fingerprint density at radius 1 is 1.00 bits per heavy atom. The van der Waals surface area contributed by atoms with Gasteiger partial charge in [-0.1, -0.05) is 85.6 Å². The number of amides is 1. The van der Waals surface area contributed by atoms with Crippen molar-refractivity contribution in [2.45, 2.75) is 32.4 Å². The minimum Gasteiger partial charge on any atom is -0.445 e. The summed E-state index contributed by atoms with van der Waals surface area (Å²) in [6.45, 7) is 2.04. The first-order valence-corrected chi connectivity index (χ1v) is 11.8. The molecule has 7 nitrogen and oxygen atoms in total. The van der Waals surface area contributed by atoms with Crippen LogP contribution in [-0.2, 0) is 22.6 Å². The fourth-order valence-corrected chi connectivity index (χ4v) is 3.96. The Kier molecular flexibility index (Phi) is 8.02. The van der Waals surface area contributed by atoms with E-state index < -0.39 is 23.7 Å². The molecule has 3 aromatic carbocycles.